The minimum absolute atomic E-state index is 0.0263. The highest BCUT2D eigenvalue weighted by molar-refractivity contribution is 6.33. The highest BCUT2D eigenvalue weighted by atomic mass is 35.5. The fraction of sp³-hybridized carbons (Fsp3) is 0.462. The van der Waals surface area contributed by atoms with E-state index in [1.165, 1.54) is 18.2 Å². The highest BCUT2D eigenvalue weighted by Gasteiger charge is 2.24. The summed E-state index contributed by atoms with van der Waals surface area (Å²) in [5.74, 6) is 0.0988. The Morgan fingerprint density at radius 3 is 3.06 bits per heavy atom. The Morgan fingerprint density at radius 1 is 1.61 bits per heavy atom. The molecule has 0 spiro atoms. The first-order valence-electron chi connectivity index (χ1n) is 5.95. The lowest BCUT2D eigenvalue weighted by Gasteiger charge is -2.19. The van der Waals surface area contributed by atoms with Gasteiger partial charge in [-0.3, -0.25) is 4.79 Å². The largest absolute Gasteiger partial charge is 0.508 e. The summed E-state index contributed by atoms with van der Waals surface area (Å²) in [6.07, 6.45) is 0.954. The minimum Gasteiger partial charge on any atom is -0.508 e. The van der Waals surface area contributed by atoms with E-state index in [1.54, 1.807) is 0 Å². The molecule has 0 aliphatic carbocycles. The van der Waals surface area contributed by atoms with Gasteiger partial charge in [0.15, 0.2) is 0 Å². The lowest BCUT2D eigenvalue weighted by Crippen LogP contribution is -2.38. The number of rotatable bonds is 3. The van der Waals surface area contributed by atoms with Gasteiger partial charge in [0, 0.05) is 18.6 Å². The van der Waals surface area contributed by atoms with Crippen LogP contribution >= 0.6 is 11.6 Å². The van der Waals surface area contributed by atoms with Gasteiger partial charge in [0.1, 0.15) is 5.75 Å². The molecular formula is C13H16ClNO3. The SMILES string of the molecule is CC(NC(=O)c1cc(O)ccc1Cl)C1CCOC1. The maximum absolute atomic E-state index is 12.0. The van der Waals surface area contributed by atoms with Crippen molar-refractivity contribution in [3.8, 4) is 5.75 Å². The van der Waals surface area contributed by atoms with E-state index in [2.05, 4.69) is 5.32 Å². The number of halogens is 1. The van der Waals surface area contributed by atoms with E-state index in [4.69, 9.17) is 16.3 Å². The number of hydrogen-bond donors (Lipinski definition) is 2. The van der Waals surface area contributed by atoms with Crippen molar-refractivity contribution in [1.29, 1.82) is 0 Å². The van der Waals surface area contributed by atoms with Crippen LogP contribution in [0.4, 0.5) is 0 Å². The summed E-state index contributed by atoms with van der Waals surface area (Å²) in [6.45, 7) is 3.38. The van der Waals surface area contributed by atoms with Crippen molar-refractivity contribution in [3.63, 3.8) is 0 Å². The molecule has 2 unspecified atom stereocenters. The fourth-order valence-corrected chi connectivity index (χ4v) is 2.24. The normalized spacial score (nSPS) is 20.7. The summed E-state index contributed by atoms with van der Waals surface area (Å²) in [5, 5.41) is 12.6. The third-order valence-corrected chi connectivity index (χ3v) is 3.55. The molecule has 2 N–H and O–H groups in total. The Hall–Kier alpha value is -1.26. The molecule has 0 bridgehead atoms. The zero-order valence-electron chi connectivity index (χ0n) is 10.1. The van der Waals surface area contributed by atoms with Crippen molar-refractivity contribution in [2.75, 3.05) is 13.2 Å². The molecule has 0 saturated carbocycles. The van der Waals surface area contributed by atoms with Crippen LogP contribution in [0.2, 0.25) is 5.02 Å². The molecule has 0 aromatic heterocycles. The first-order chi connectivity index (χ1) is 8.58. The molecular weight excluding hydrogens is 254 g/mol. The van der Waals surface area contributed by atoms with E-state index < -0.39 is 0 Å². The molecule has 4 nitrogen and oxygen atoms in total. The van der Waals surface area contributed by atoms with Crippen LogP contribution in [-0.2, 0) is 4.74 Å². The molecule has 2 atom stereocenters. The number of phenolic OH excluding ortho intramolecular Hbond substituents is 1. The van der Waals surface area contributed by atoms with Gasteiger partial charge in [0.05, 0.1) is 17.2 Å². The summed E-state index contributed by atoms with van der Waals surface area (Å²) in [5.41, 5.74) is 0.294. The zero-order valence-corrected chi connectivity index (χ0v) is 10.9. The predicted molar refractivity (Wildman–Crippen MR) is 69.0 cm³/mol. The van der Waals surface area contributed by atoms with Crippen LogP contribution in [0, 0.1) is 5.92 Å². The highest BCUT2D eigenvalue weighted by Crippen LogP contribution is 2.22. The van der Waals surface area contributed by atoms with Crippen LogP contribution < -0.4 is 5.32 Å². The second kappa shape index (κ2) is 5.59. The van der Waals surface area contributed by atoms with Gasteiger partial charge in [-0.1, -0.05) is 11.6 Å². The van der Waals surface area contributed by atoms with Crippen molar-refractivity contribution < 1.29 is 14.6 Å². The second-order valence-electron chi connectivity index (χ2n) is 4.55. The van der Waals surface area contributed by atoms with E-state index in [0.717, 1.165) is 13.0 Å². The molecule has 98 valence electrons. The average molecular weight is 270 g/mol. The Balaban J connectivity index is 2.04. The van der Waals surface area contributed by atoms with Gasteiger partial charge < -0.3 is 15.2 Å². The third-order valence-electron chi connectivity index (χ3n) is 3.23. The molecule has 1 aromatic rings. The van der Waals surface area contributed by atoms with Crippen LogP contribution in [0.25, 0.3) is 0 Å². The van der Waals surface area contributed by atoms with Crippen LogP contribution in [0.1, 0.15) is 23.7 Å². The van der Waals surface area contributed by atoms with Gasteiger partial charge in [0.25, 0.3) is 5.91 Å². The van der Waals surface area contributed by atoms with E-state index in [1.807, 2.05) is 6.92 Å². The van der Waals surface area contributed by atoms with Gasteiger partial charge in [-0.25, -0.2) is 0 Å². The molecule has 1 aliphatic rings. The summed E-state index contributed by atoms with van der Waals surface area (Å²) in [4.78, 5) is 12.0. The number of hydrogen-bond acceptors (Lipinski definition) is 3. The number of ether oxygens (including phenoxy) is 1. The Bertz CT molecular complexity index is 444. The monoisotopic (exact) mass is 269 g/mol. The minimum atomic E-state index is -0.268. The van der Waals surface area contributed by atoms with Crippen molar-refractivity contribution in [2.45, 2.75) is 19.4 Å². The molecule has 1 amide bonds. The summed E-state index contributed by atoms with van der Waals surface area (Å²) in [6, 6.07) is 4.36. The molecule has 0 radical (unpaired) electrons. The lowest BCUT2D eigenvalue weighted by atomic mass is 10.0. The van der Waals surface area contributed by atoms with Crippen LogP contribution in [0.3, 0.4) is 0 Å². The van der Waals surface area contributed by atoms with E-state index in [-0.39, 0.29) is 17.7 Å². The maximum atomic E-state index is 12.0. The third kappa shape index (κ3) is 2.94. The van der Waals surface area contributed by atoms with Crippen LogP contribution in [-0.4, -0.2) is 30.3 Å². The van der Waals surface area contributed by atoms with Crippen LogP contribution in [0.15, 0.2) is 18.2 Å². The van der Waals surface area contributed by atoms with Crippen molar-refractivity contribution >= 4 is 17.5 Å². The first kappa shape index (κ1) is 13.2. The molecule has 1 saturated heterocycles. The number of carbonyl (C=O) groups is 1. The fourth-order valence-electron chi connectivity index (χ4n) is 2.04. The molecule has 1 fully saturated rings. The Kier molecular flexibility index (Phi) is 4.09. The quantitative estimate of drug-likeness (QED) is 0.884. The molecule has 5 heteroatoms. The Labute approximate surface area is 111 Å². The van der Waals surface area contributed by atoms with Gasteiger partial charge >= 0.3 is 0 Å². The van der Waals surface area contributed by atoms with Crippen molar-refractivity contribution in [2.24, 2.45) is 5.92 Å². The average Bonchev–Trinajstić information content (AvgIpc) is 2.85. The molecule has 1 aliphatic heterocycles. The van der Waals surface area contributed by atoms with Gasteiger partial charge in [0.2, 0.25) is 0 Å². The zero-order chi connectivity index (χ0) is 13.1. The standard InChI is InChI=1S/C13H16ClNO3/c1-8(9-4-5-18-7-9)15-13(17)11-6-10(16)2-3-12(11)14/h2-3,6,8-9,16H,4-5,7H2,1H3,(H,15,17). The van der Waals surface area contributed by atoms with Gasteiger partial charge in [-0.05, 0) is 31.5 Å². The number of nitrogens with one attached hydrogen (secondary N) is 1. The molecule has 2 rings (SSSR count). The Morgan fingerprint density at radius 2 is 2.39 bits per heavy atom. The molecule has 18 heavy (non-hydrogen) atoms. The summed E-state index contributed by atoms with van der Waals surface area (Å²) < 4.78 is 5.29. The van der Waals surface area contributed by atoms with Gasteiger partial charge in [-0.2, -0.15) is 0 Å². The van der Waals surface area contributed by atoms with Crippen LogP contribution in [0.5, 0.6) is 5.75 Å². The summed E-state index contributed by atoms with van der Waals surface area (Å²) in [7, 11) is 0. The number of carbonyl (C=O) groups excluding carboxylic acids is 1. The van der Waals surface area contributed by atoms with E-state index in [9.17, 15) is 9.90 Å². The topological polar surface area (TPSA) is 58.6 Å². The molecule has 1 heterocycles. The van der Waals surface area contributed by atoms with Crippen molar-refractivity contribution in [1.82, 2.24) is 5.32 Å². The molecule has 1 aromatic carbocycles. The number of phenols is 1. The number of amides is 1. The number of aromatic hydroxyl groups is 1. The van der Waals surface area contributed by atoms with Crippen molar-refractivity contribution in [3.05, 3.63) is 28.8 Å². The number of benzene rings is 1. The van der Waals surface area contributed by atoms with Gasteiger partial charge in [-0.15, -0.1) is 0 Å². The predicted octanol–water partition coefficient (Wildman–Crippen LogP) is 2.20. The lowest BCUT2D eigenvalue weighted by molar-refractivity contribution is 0.0922. The smallest absolute Gasteiger partial charge is 0.253 e. The van der Waals surface area contributed by atoms with E-state index >= 15 is 0 Å². The second-order valence-corrected chi connectivity index (χ2v) is 4.96. The summed E-state index contributed by atoms with van der Waals surface area (Å²) >= 11 is 5.94. The maximum Gasteiger partial charge on any atom is 0.253 e. The van der Waals surface area contributed by atoms with E-state index in [0.29, 0.717) is 23.1 Å². The first-order valence-corrected chi connectivity index (χ1v) is 6.33.